The number of nitrogens with one attached hydrogen (secondary N) is 2. The summed E-state index contributed by atoms with van der Waals surface area (Å²) in [5, 5.41) is 15.9. The number of hydrogen-bond acceptors (Lipinski definition) is 11. The van der Waals surface area contributed by atoms with E-state index in [9.17, 15) is 18.3 Å². The number of carbonyl (C=O) groups excluding carboxylic acids is 1. The van der Waals surface area contributed by atoms with Crippen LogP contribution in [0.4, 0.5) is 5.69 Å². The molecule has 3 saturated heterocycles. The van der Waals surface area contributed by atoms with Crippen LogP contribution in [0.5, 0.6) is 5.75 Å². The summed E-state index contributed by atoms with van der Waals surface area (Å²) < 4.78 is 41.2. The third-order valence-corrected chi connectivity index (χ3v) is 19.1. The first-order chi connectivity index (χ1) is 27.5. The summed E-state index contributed by atoms with van der Waals surface area (Å²) >= 11 is 10.2. The highest BCUT2D eigenvalue weighted by Crippen LogP contribution is 2.53. The van der Waals surface area contributed by atoms with Crippen molar-refractivity contribution in [2.24, 2.45) is 17.8 Å². The van der Waals surface area contributed by atoms with Crippen LogP contribution in [0, 0.1) is 17.8 Å². The van der Waals surface area contributed by atoms with Gasteiger partial charge in [0.05, 0.1) is 35.3 Å². The lowest BCUT2D eigenvalue weighted by Gasteiger charge is -2.51. The number of benzene rings is 2. The Labute approximate surface area is 360 Å². The zero-order valence-corrected chi connectivity index (χ0v) is 36.5. The van der Waals surface area contributed by atoms with Crippen LogP contribution < -0.4 is 19.7 Å². The lowest BCUT2D eigenvalue weighted by Crippen LogP contribution is -2.56. The lowest BCUT2D eigenvalue weighted by molar-refractivity contribution is -0.0333. The second-order valence-electron chi connectivity index (χ2n) is 17.3. The molecule has 0 unspecified atom stereocenters. The zero-order valence-electron chi connectivity index (χ0n) is 33.3. The number of rotatable bonds is 1. The first-order valence-electron chi connectivity index (χ1n) is 21.0. The molecule has 14 heteroatoms. The summed E-state index contributed by atoms with van der Waals surface area (Å²) in [5.41, 5.74) is 2.32. The number of aryl methyl sites for hydroxylation is 1. The summed E-state index contributed by atoms with van der Waals surface area (Å²) in [7, 11) is -3.95. The second-order valence-corrected chi connectivity index (χ2v) is 22.5. The van der Waals surface area contributed by atoms with Crippen molar-refractivity contribution in [2.45, 2.75) is 93.1 Å². The quantitative estimate of drug-likeness (QED) is 0.265. The van der Waals surface area contributed by atoms with E-state index in [1.165, 1.54) is 17.7 Å². The number of ether oxygens (including phenoxy) is 2. The van der Waals surface area contributed by atoms with Gasteiger partial charge in [-0.2, -0.15) is 0 Å². The predicted octanol–water partition coefficient (Wildman–Crippen LogP) is 6.74. The Hall–Kier alpha value is -1.97. The maximum Gasteiger partial charge on any atom is 0.264 e. The van der Waals surface area contributed by atoms with Gasteiger partial charge in [-0.1, -0.05) is 44.2 Å². The number of amides is 1. The molecule has 2 aliphatic carbocycles. The Morgan fingerprint density at radius 1 is 1.05 bits per heavy atom. The van der Waals surface area contributed by atoms with Gasteiger partial charge in [0.1, 0.15) is 11.4 Å². The molecule has 0 aromatic heterocycles. The molecule has 1 amide bonds. The van der Waals surface area contributed by atoms with Gasteiger partial charge in [-0.25, -0.2) is 13.1 Å². The van der Waals surface area contributed by atoms with Gasteiger partial charge in [0, 0.05) is 61.3 Å². The van der Waals surface area contributed by atoms with Crippen LogP contribution in [0.3, 0.4) is 0 Å². The molecule has 0 radical (unpaired) electrons. The molecule has 2 aromatic carbocycles. The number of anilines is 1. The molecule has 1 saturated carbocycles. The van der Waals surface area contributed by atoms with Gasteiger partial charge < -0.3 is 24.8 Å². The smallest absolute Gasteiger partial charge is 0.264 e. The van der Waals surface area contributed by atoms with Crippen molar-refractivity contribution in [3.05, 3.63) is 70.3 Å². The molecular formula is C44H63ClN4O6S3. The van der Waals surface area contributed by atoms with Crippen LogP contribution in [-0.2, 0) is 26.6 Å². The van der Waals surface area contributed by atoms with Gasteiger partial charge in [-0.3, -0.25) is 9.69 Å². The van der Waals surface area contributed by atoms with Crippen molar-refractivity contribution in [1.29, 1.82) is 0 Å². The van der Waals surface area contributed by atoms with E-state index in [-0.39, 0.29) is 40.7 Å². The Balaban J connectivity index is 0.000000404. The van der Waals surface area contributed by atoms with E-state index in [0.29, 0.717) is 37.9 Å². The largest absolute Gasteiger partial charge is 0.490 e. The Kier molecular flexibility index (Phi) is 14.1. The standard InChI is InChI=1S/C36H45ClN2O5S3.C7H14N2O.CH4/c1-23-6-3-15-36(41,34-45-16-5-17-46-34)30-11-8-27(30)20-39-21-35(14-4-7-25-18-28(37)10-12-29(25)35)22-44-32-13-9-26(19-31(32)39)33(40)38-47(42,43)24(23)2;1-2-9-3-4-10-6-7(9)5-8-1;/h3,9-10,12-13,15,18-19,23-24,27,30,34,41H,4-8,11,14,16-17,20-22H2,1-2H3,(H,38,40);7-8H,1-6H2;1H4/b15-3+;;/t23-,24+,27-,30+,35-,36+;7-;/m00./s1. The monoisotopic (exact) mass is 874 g/mol. The minimum absolute atomic E-state index is 0. The third-order valence-electron chi connectivity index (χ3n) is 13.7. The van der Waals surface area contributed by atoms with Crippen LogP contribution in [0.25, 0.3) is 0 Å². The fraction of sp³-hybridized carbons (Fsp3) is 0.659. The normalized spacial score (nSPS) is 34.4. The predicted molar refractivity (Wildman–Crippen MR) is 239 cm³/mol. The molecule has 9 rings (SSSR count). The van der Waals surface area contributed by atoms with E-state index in [0.717, 1.165) is 93.6 Å². The molecule has 5 aliphatic heterocycles. The first kappa shape index (κ1) is 44.1. The third kappa shape index (κ3) is 9.13. The number of sulfonamides is 1. The average molecular weight is 876 g/mol. The van der Waals surface area contributed by atoms with E-state index in [4.69, 9.17) is 21.1 Å². The second kappa shape index (κ2) is 18.6. The molecule has 320 valence electrons. The molecule has 4 fully saturated rings. The molecular weight excluding hydrogens is 812 g/mol. The van der Waals surface area contributed by atoms with Crippen molar-refractivity contribution in [1.82, 2.24) is 14.9 Å². The van der Waals surface area contributed by atoms with Gasteiger partial charge in [0.25, 0.3) is 5.91 Å². The number of fused-ring (bicyclic) bond motifs is 5. The summed E-state index contributed by atoms with van der Waals surface area (Å²) in [6.07, 6.45) is 10.5. The van der Waals surface area contributed by atoms with E-state index < -0.39 is 26.8 Å². The minimum Gasteiger partial charge on any atom is -0.490 e. The van der Waals surface area contributed by atoms with Gasteiger partial charge in [0.15, 0.2) is 0 Å². The van der Waals surface area contributed by atoms with Crippen molar-refractivity contribution in [3.63, 3.8) is 0 Å². The molecule has 5 heterocycles. The molecule has 10 nitrogen and oxygen atoms in total. The average Bonchev–Trinajstić information content (AvgIpc) is 3.35. The zero-order chi connectivity index (χ0) is 39.8. The summed E-state index contributed by atoms with van der Waals surface area (Å²) in [4.78, 5) is 18.4. The van der Waals surface area contributed by atoms with Gasteiger partial charge in [0.2, 0.25) is 10.0 Å². The van der Waals surface area contributed by atoms with E-state index >= 15 is 0 Å². The Bertz CT molecular complexity index is 1890. The van der Waals surface area contributed by atoms with E-state index in [2.05, 4.69) is 32.0 Å². The number of aliphatic hydroxyl groups is 1. The fourth-order valence-electron chi connectivity index (χ4n) is 9.98. The lowest BCUT2D eigenvalue weighted by atomic mass is 9.64. The topological polar surface area (TPSA) is 120 Å². The molecule has 7 atom stereocenters. The Morgan fingerprint density at radius 3 is 2.66 bits per heavy atom. The van der Waals surface area contributed by atoms with Crippen LogP contribution in [0.1, 0.15) is 81.3 Å². The SMILES string of the molecule is C.C1CN2CCOC[C@@H]2CN1.C[C@@H]1[C@@H](C)C/C=C/[C@](O)(C2SCCCS2)[C@@H]2CC[C@H]2CN2C[C@@]3(CCCc4cc(Cl)ccc43)COc3ccc(cc32)C(=O)NS1(=O)=O. The van der Waals surface area contributed by atoms with Crippen LogP contribution in [0.15, 0.2) is 48.6 Å². The number of hydrogen-bond donors (Lipinski definition) is 3. The van der Waals surface area contributed by atoms with Crippen LogP contribution in [0.2, 0.25) is 5.02 Å². The van der Waals surface area contributed by atoms with Crippen LogP contribution in [-0.4, -0.2) is 116 Å². The number of morpholine rings is 1. The van der Waals surface area contributed by atoms with Crippen molar-refractivity contribution in [2.75, 3.05) is 75.5 Å². The van der Waals surface area contributed by atoms with Gasteiger partial charge in [-0.15, -0.1) is 23.5 Å². The number of allylic oxidation sites excluding steroid dienone is 1. The summed E-state index contributed by atoms with van der Waals surface area (Å²) in [5.74, 6) is 2.18. The number of thioether (sulfide) groups is 2. The maximum atomic E-state index is 13.5. The molecule has 3 N–H and O–H groups in total. The van der Waals surface area contributed by atoms with Crippen molar-refractivity contribution >= 4 is 56.7 Å². The summed E-state index contributed by atoms with van der Waals surface area (Å²) in [6, 6.07) is 12.2. The molecule has 58 heavy (non-hydrogen) atoms. The van der Waals surface area contributed by atoms with E-state index in [1.807, 2.05) is 54.7 Å². The number of nitrogens with zero attached hydrogens (tertiary/aromatic N) is 2. The maximum absolute atomic E-state index is 13.5. The molecule has 1 spiro atoms. The van der Waals surface area contributed by atoms with Crippen molar-refractivity contribution < 1.29 is 27.8 Å². The van der Waals surface area contributed by atoms with Gasteiger partial charge in [-0.05, 0) is 123 Å². The Morgan fingerprint density at radius 2 is 1.88 bits per heavy atom. The highest BCUT2D eigenvalue weighted by molar-refractivity contribution is 8.17. The molecule has 2 aromatic rings. The summed E-state index contributed by atoms with van der Waals surface area (Å²) in [6.45, 7) is 11.9. The minimum atomic E-state index is -3.95. The van der Waals surface area contributed by atoms with E-state index in [1.54, 1.807) is 19.1 Å². The highest BCUT2D eigenvalue weighted by atomic mass is 35.5. The first-order valence-corrected chi connectivity index (χ1v) is 25.0. The highest BCUT2D eigenvalue weighted by Gasteiger charge is 2.52. The number of halogens is 1. The molecule has 2 bridgehead atoms. The van der Waals surface area contributed by atoms with Gasteiger partial charge >= 0.3 is 0 Å². The number of piperazine rings is 1. The van der Waals surface area contributed by atoms with Crippen LogP contribution >= 0.6 is 35.1 Å². The van der Waals surface area contributed by atoms with Crippen molar-refractivity contribution in [3.8, 4) is 5.75 Å². The fourth-order valence-corrected chi connectivity index (χ4v) is 14.7. The molecule has 7 aliphatic rings. The number of carbonyl (C=O) groups is 1.